The standard InChI is InChI=1S/C13H18F3N3O3S/c1-12(2,19-23(3,21)22)11(20)18-10-5-8(7-17)4-9(6-10)13(14,15)16/h4-6,19H,7,17H2,1-3H3,(H,18,20). The lowest BCUT2D eigenvalue weighted by Crippen LogP contribution is -2.51. The van der Waals surface area contributed by atoms with Crippen LogP contribution in [0.1, 0.15) is 25.0 Å². The molecule has 0 unspecified atom stereocenters. The second kappa shape index (κ2) is 6.46. The molecule has 0 fully saturated rings. The Bertz CT molecular complexity index is 700. The van der Waals surface area contributed by atoms with E-state index in [1.807, 2.05) is 0 Å². The molecule has 4 N–H and O–H groups in total. The number of halogens is 3. The first kappa shape index (κ1) is 19.4. The summed E-state index contributed by atoms with van der Waals surface area (Å²) in [5.41, 5.74) is 2.94. The van der Waals surface area contributed by atoms with E-state index in [-0.39, 0.29) is 17.8 Å². The summed E-state index contributed by atoms with van der Waals surface area (Å²) in [5.74, 6) is -0.801. The van der Waals surface area contributed by atoms with Gasteiger partial charge in [-0.25, -0.2) is 13.1 Å². The third-order valence-electron chi connectivity index (χ3n) is 2.82. The zero-order valence-corrected chi connectivity index (χ0v) is 13.6. The van der Waals surface area contributed by atoms with Crippen molar-refractivity contribution in [3.8, 4) is 0 Å². The van der Waals surface area contributed by atoms with Crippen LogP contribution in [0.2, 0.25) is 0 Å². The molecule has 0 aliphatic heterocycles. The number of rotatable bonds is 5. The fraction of sp³-hybridized carbons (Fsp3) is 0.462. The highest BCUT2D eigenvalue weighted by Gasteiger charge is 2.33. The molecule has 1 aromatic rings. The summed E-state index contributed by atoms with van der Waals surface area (Å²) in [6.07, 6.45) is -3.72. The Hall–Kier alpha value is -1.65. The summed E-state index contributed by atoms with van der Waals surface area (Å²) in [5, 5.41) is 2.27. The van der Waals surface area contributed by atoms with Gasteiger partial charge in [-0.05, 0) is 37.6 Å². The average Bonchev–Trinajstić information content (AvgIpc) is 2.34. The third kappa shape index (κ3) is 5.81. The predicted octanol–water partition coefficient (Wildman–Crippen LogP) is 1.43. The Morgan fingerprint density at radius 2 is 1.78 bits per heavy atom. The molecular formula is C13H18F3N3O3S. The van der Waals surface area contributed by atoms with Crippen LogP contribution in [-0.2, 0) is 27.5 Å². The number of hydrogen-bond acceptors (Lipinski definition) is 4. The molecule has 0 heterocycles. The molecule has 0 bridgehead atoms. The van der Waals surface area contributed by atoms with Gasteiger partial charge in [0.1, 0.15) is 5.54 Å². The van der Waals surface area contributed by atoms with Crippen molar-refractivity contribution in [3.63, 3.8) is 0 Å². The largest absolute Gasteiger partial charge is 0.416 e. The summed E-state index contributed by atoms with van der Waals surface area (Å²) in [6.45, 7) is 2.44. The van der Waals surface area contributed by atoms with Crippen molar-refractivity contribution in [2.45, 2.75) is 32.1 Å². The Labute approximate surface area is 132 Å². The Balaban J connectivity index is 3.11. The van der Waals surface area contributed by atoms with E-state index < -0.39 is 33.2 Å². The molecule has 0 saturated carbocycles. The average molecular weight is 353 g/mol. The minimum Gasteiger partial charge on any atom is -0.326 e. The number of carbonyl (C=O) groups is 1. The molecule has 10 heteroatoms. The van der Waals surface area contributed by atoms with Crippen molar-refractivity contribution in [1.82, 2.24) is 4.72 Å². The summed E-state index contributed by atoms with van der Waals surface area (Å²) in [7, 11) is -3.67. The van der Waals surface area contributed by atoms with Crippen molar-refractivity contribution >= 4 is 21.6 Å². The Kier molecular flexibility index (Phi) is 5.45. The van der Waals surface area contributed by atoms with Gasteiger partial charge in [0.05, 0.1) is 11.8 Å². The molecule has 0 aliphatic carbocycles. The van der Waals surface area contributed by atoms with Crippen molar-refractivity contribution in [2.24, 2.45) is 5.73 Å². The maximum atomic E-state index is 12.8. The van der Waals surface area contributed by atoms with Gasteiger partial charge in [0.2, 0.25) is 15.9 Å². The molecule has 0 radical (unpaired) electrons. The zero-order valence-electron chi connectivity index (χ0n) is 12.8. The molecule has 130 valence electrons. The quantitative estimate of drug-likeness (QED) is 0.745. The first-order valence-electron chi connectivity index (χ1n) is 6.46. The predicted molar refractivity (Wildman–Crippen MR) is 80.0 cm³/mol. The molecule has 0 aromatic heterocycles. The van der Waals surface area contributed by atoms with Crippen LogP contribution in [-0.4, -0.2) is 26.1 Å². The van der Waals surface area contributed by atoms with E-state index in [9.17, 15) is 26.4 Å². The number of hydrogen-bond donors (Lipinski definition) is 3. The molecule has 0 aliphatic rings. The first-order valence-corrected chi connectivity index (χ1v) is 8.35. The highest BCUT2D eigenvalue weighted by atomic mass is 32.2. The van der Waals surface area contributed by atoms with E-state index in [0.29, 0.717) is 0 Å². The van der Waals surface area contributed by atoms with Gasteiger partial charge in [0.25, 0.3) is 0 Å². The molecule has 23 heavy (non-hydrogen) atoms. The van der Waals surface area contributed by atoms with E-state index in [4.69, 9.17) is 5.73 Å². The van der Waals surface area contributed by atoms with Gasteiger partial charge in [0.15, 0.2) is 0 Å². The zero-order chi connectivity index (χ0) is 18.1. The minimum atomic E-state index is -4.59. The van der Waals surface area contributed by atoms with Crippen LogP contribution in [0.5, 0.6) is 0 Å². The molecule has 0 atom stereocenters. The maximum absolute atomic E-state index is 12.8. The van der Waals surface area contributed by atoms with Gasteiger partial charge in [-0.1, -0.05) is 0 Å². The number of sulfonamides is 1. The van der Waals surface area contributed by atoms with Crippen LogP contribution < -0.4 is 15.8 Å². The molecule has 6 nitrogen and oxygen atoms in total. The lowest BCUT2D eigenvalue weighted by atomic mass is 10.0. The number of benzene rings is 1. The molecule has 1 amide bonds. The minimum absolute atomic E-state index is 0.117. The molecule has 0 saturated heterocycles. The number of nitrogens with two attached hydrogens (primary N) is 1. The van der Waals surface area contributed by atoms with Gasteiger partial charge in [0, 0.05) is 12.2 Å². The second-order valence-corrected chi connectivity index (χ2v) is 7.32. The highest BCUT2D eigenvalue weighted by Crippen LogP contribution is 2.32. The fourth-order valence-electron chi connectivity index (χ4n) is 1.84. The summed E-state index contributed by atoms with van der Waals surface area (Å²) in [6, 6.07) is 2.94. The Morgan fingerprint density at radius 3 is 2.22 bits per heavy atom. The SMILES string of the molecule is CC(C)(NS(C)(=O)=O)C(=O)Nc1cc(CN)cc(C(F)(F)F)c1. The van der Waals surface area contributed by atoms with E-state index in [1.54, 1.807) is 0 Å². The van der Waals surface area contributed by atoms with Crippen LogP contribution in [0, 0.1) is 0 Å². The topological polar surface area (TPSA) is 101 Å². The maximum Gasteiger partial charge on any atom is 0.416 e. The highest BCUT2D eigenvalue weighted by molar-refractivity contribution is 7.88. The van der Waals surface area contributed by atoms with E-state index in [0.717, 1.165) is 18.4 Å². The van der Waals surface area contributed by atoms with Crippen molar-refractivity contribution in [1.29, 1.82) is 0 Å². The van der Waals surface area contributed by atoms with Gasteiger partial charge in [-0.2, -0.15) is 13.2 Å². The lowest BCUT2D eigenvalue weighted by Gasteiger charge is -2.24. The number of amides is 1. The summed E-state index contributed by atoms with van der Waals surface area (Å²) >= 11 is 0. The van der Waals surface area contributed by atoms with E-state index in [1.165, 1.54) is 19.9 Å². The van der Waals surface area contributed by atoms with Gasteiger partial charge < -0.3 is 11.1 Å². The normalized spacial score (nSPS) is 13.0. The van der Waals surface area contributed by atoms with E-state index in [2.05, 4.69) is 10.0 Å². The van der Waals surface area contributed by atoms with Crippen LogP contribution >= 0.6 is 0 Å². The summed E-state index contributed by atoms with van der Waals surface area (Å²) in [4.78, 5) is 12.1. The number of anilines is 1. The van der Waals surface area contributed by atoms with Gasteiger partial charge >= 0.3 is 6.18 Å². The first-order chi connectivity index (χ1) is 10.2. The smallest absolute Gasteiger partial charge is 0.326 e. The van der Waals surface area contributed by atoms with Crippen molar-refractivity contribution < 1.29 is 26.4 Å². The van der Waals surface area contributed by atoms with Gasteiger partial charge in [-0.15, -0.1) is 0 Å². The molecule has 0 spiro atoms. The fourth-order valence-corrected chi connectivity index (χ4v) is 2.86. The van der Waals surface area contributed by atoms with Crippen molar-refractivity contribution in [3.05, 3.63) is 29.3 Å². The van der Waals surface area contributed by atoms with Crippen LogP contribution in [0.3, 0.4) is 0 Å². The monoisotopic (exact) mass is 353 g/mol. The number of nitrogens with one attached hydrogen (secondary N) is 2. The van der Waals surface area contributed by atoms with Crippen LogP contribution in [0.15, 0.2) is 18.2 Å². The number of alkyl halides is 3. The molecular weight excluding hydrogens is 335 g/mol. The molecule has 1 rings (SSSR count). The van der Waals surface area contributed by atoms with E-state index >= 15 is 0 Å². The second-order valence-electron chi connectivity index (χ2n) is 5.57. The van der Waals surface area contributed by atoms with Crippen LogP contribution in [0.25, 0.3) is 0 Å². The van der Waals surface area contributed by atoms with Crippen molar-refractivity contribution in [2.75, 3.05) is 11.6 Å². The number of carbonyl (C=O) groups excluding carboxylic acids is 1. The molecule has 1 aromatic carbocycles. The third-order valence-corrected chi connectivity index (χ3v) is 3.70. The summed E-state index contributed by atoms with van der Waals surface area (Å²) < 4.78 is 63.1. The Morgan fingerprint density at radius 1 is 1.22 bits per heavy atom. The van der Waals surface area contributed by atoms with Gasteiger partial charge in [-0.3, -0.25) is 4.79 Å². The van der Waals surface area contributed by atoms with Crippen LogP contribution in [0.4, 0.5) is 18.9 Å². The lowest BCUT2D eigenvalue weighted by molar-refractivity contribution is -0.137.